The minimum absolute atomic E-state index is 0.0611. The van der Waals surface area contributed by atoms with E-state index in [1.54, 1.807) is 24.3 Å². The zero-order valence-electron chi connectivity index (χ0n) is 16.1. The third-order valence-corrected chi connectivity index (χ3v) is 4.40. The molecule has 28 heavy (non-hydrogen) atoms. The molecule has 6 heteroatoms. The molecule has 3 aromatic rings. The number of carbonyl (C=O) groups excluding carboxylic acids is 2. The summed E-state index contributed by atoms with van der Waals surface area (Å²) in [5.74, 6) is 0.123. The van der Waals surface area contributed by atoms with E-state index in [9.17, 15) is 9.59 Å². The molecule has 0 spiro atoms. The van der Waals surface area contributed by atoms with Gasteiger partial charge in [-0.05, 0) is 43.5 Å². The molecule has 1 heterocycles. The van der Waals surface area contributed by atoms with Crippen LogP contribution in [0.25, 0.3) is 0 Å². The number of hydrogen-bond acceptors (Lipinski definition) is 5. The minimum atomic E-state index is -0.384. The second-order valence-corrected chi connectivity index (χ2v) is 6.47. The number of amides is 1. The standard InChI is InChI=1S/C22H22N4O2/c1-4-16-8-5-7-14(2)21(16)26-20-13-23-19(12-24-20)22(28)25-18-10-6-9-17(11-18)15(3)27/h5-13H,4H2,1-3H3,(H,24,26)(H,25,28). The largest absolute Gasteiger partial charge is 0.339 e. The summed E-state index contributed by atoms with van der Waals surface area (Å²) in [5, 5.41) is 6.02. The lowest BCUT2D eigenvalue weighted by Crippen LogP contribution is -2.14. The highest BCUT2D eigenvalue weighted by molar-refractivity contribution is 6.03. The highest BCUT2D eigenvalue weighted by Crippen LogP contribution is 2.24. The molecule has 2 aromatic carbocycles. The Morgan fingerprint density at radius 3 is 2.50 bits per heavy atom. The fourth-order valence-corrected chi connectivity index (χ4v) is 2.85. The third kappa shape index (κ3) is 4.40. The second kappa shape index (κ2) is 8.43. The van der Waals surface area contributed by atoms with E-state index in [-0.39, 0.29) is 17.4 Å². The fourth-order valence-electron chi connectivity index (χ4n) is 2.85. The summed E-state index contributed by atoms with van der Waals surface area (Å²) >= 11 is 0. The monoisotopic (exact) mass is 374 g/mol. The highest BCUT2D eigenvalue weighted by atomic mass is 16.2. The number of rotatable bonds is 6. The number of para-hydroxylation sites is 1. The first-order valence-electron chi connectivity index (χ1n) is 9.08. The summed E-state index contributed by atoms with van der Waals surface area (Å²) in [7, 11) is 0. The van der Waals surface area contributed by atoms with Gasteiger partial charge in [0.15, 0.2) is 5.78 Å². The van der Waals surface area contributed by atoms with Crippen LogP contribution in [0, 0.1) is 6.92 Å². The molecular formula is C22H22N4O2. The van der Waals surface area contributed by atoms with E-state index < -0.39 is 0 Å². The first kappa shape index (κ1) is 19.2. The molecule has 3 rings (SSSR count). The van der Waals surface area contributed by atoms with Gasteiger partial charge in [-0.1, -0.05) is 37.3 Å². The van der Waals surface area contributed by atoms with Gasteiger partial charge in [-0.2, -0.15) is 0 Å². The predicted octanol–water partition coefficient (Wildman–Crippen LogP) is 4.55. The van der Waals surface area contributed by atoms with Crippen molar-refractivity contribution in [3.8, 4) is 0 Å². The van der Waals surface area contributed by atoms with Gasteiger partial charge >= 0.3 is 0 Å². The topological polar surface area (TPSA) is 84.0 Å². The number of nitrogens with zero attached hydrogens (tertiary/aromatic N) is 2. The van der Waals surface area contributed by atoms with E-state index >= 15 is 0 Å². The third-order valence-electron chi connectivity index (χ3n) is 4.40. The van der Waals surface area contributed by atoms with E-state index in [0.29, 0.717) is 17.1 Å². The Morgan fingerprint density at radius 1 is 1.04 bits per heavy atom. The maximum absolute atomic E-state index is 12.4. The number of nitrogens with one attached hydrogen (secondary N) is 2. The SMILES string of the molecule is CCc1cccc(C)c1Nc1cnc(C(=O)Nc2cccc(C(C)=O)c2)cn1. The maximum Gasteiger partial charge on any atom is 0.275 e. The van der Waals surface area contributed by atoms with Crippen molar-refractivity contribution in [3.63, 3.8) is 0 Å². The van der Waals surface area contributed by atoms with Gasteiger partial charge in [-0.3, -0.25) is 9.59 Å². The second-order valence-electron chi connectivity index (χ2n) is 6.47. The number of aryl methyl sites for hydroxylation is 2. The van der Waals surface area contributed by atoms with Crippen LogP contribution in [0.3, 0.4) is 0 Å². The van der Waals surface area contributed by atoms with E-state index in [1.807, 2.05) is 19.1 Å². The number of benzene rings is 2. The van der Waals surface area contributed by atoms with E-state index in [2.05, 4.69) is 33.6 Å². The molecule has 0 aliphatic carbocycles. The average Bonchev–Trinajstić information content (AvgIpc) is 2.70. The van der Waals surface area contributed by atoms with Gasteiger partial charge in [0.1, 0.15) is 11.5 Å². The van der Waals surface area contributed by atoms with Crippen molar-refractivity contribution in [3.05, 3.63) is 77.2 Å². The molecule has 0 aliphatic heterocycles. The Kier molecular flexibility index (Phi) is 5.79. The molecule has 0 fully saturated rings. The number of hydrogen-bond donors (Lipinski definition) is 2. The van der Waals surface area contributed by atoms with Crippen LogP contribution in [0.15, 0.2) is 54.9 Å². The average molecular weight is 374 g/mol. The maximum atomic E-state index is 12.4. The molecular weight excluding hydrogens is 352 g/mol. The summed E-state index contributed by atoms with van der Waals surface area (Å²) in [6, 6.07) is 12.9. The summed E-state index contributed by atoms with van der Waals surface area (Å²) < 4.78 is 0. The van der Waals surface area contributed by atoms with Crippen LogP contribution in [-0.2, 0) is 6.42 Å². The van der Waals surface area contributed by atoms with Gasteiger partial charge in [0.05, 0.1) is 12.4 Å². The van der Waals surface area contributed by atoms with Crippen LogP contribution in [0.2, 0.25) is 0 Å². The van der Waals surface area contributed by atoms with Gasteiger partial charge < -0.3 is 10.6 Å². The molecule has 1 aromatic heterocycles. The number of carbonyl (C=O) groups is 2. The first-order valence-corrected chi connectivity index (χ1v) is 9.08. The summed E-state index contributed by atoms with van der Waals surface area (Å²) in [6.45, 7) is 5.61. The van der Waals surface area contributed by atoms with Crippen LogP contribution >= 0.6 is 0 Å². The van der Waals surface area contributed by atoms with E-state index in [0.717, 1.165) is 17.7 Å². The minimum Gasteiger partial charge on any atom is -0.339 e. The number of aromatic nitrogens is 2. The molecule has 0 bridgehead atoms. The number of ketones is 1. The molecule has 1 amide bonds. The van der Waals surface area contributed by atoms with Crippen molar-refractivity contribution in [1.82, 2.24) is 9.97 Å². The van der Waals surface area contributed by atoms with Crippen molar-refractivity contribution < 1.29 is 9.59 Å². The number of anilines is 3. The van der Waals surface area contributed by atoms with E-state index in [1.165, 1.54) is 24.9 Å². The quantitative estimate of drug-likeness (QED) is 0.619. The highest BCUT2D eigenvalue weighted by Gasteiger charge is 2.11. The lowest BCUT2D eigenvalue weighted by molar-refractivity contribution is 0.100. The van der Waals surface area contributed by atoms with Gasteiger partial charge in [0.2, 0.25) is 0 Å². The Balaban J connectivity index is 1.73. The smallest absolute Gasteiger partial charge is 0.275 e. The predicted molar refractivity (Wildman–Crippen MR) is 110 cm³/mol. The Hall–Kier alpha value is -3.54. The molecule has 0 saturated heterocycles. The summed E-state index contributed by atoms with van der Waals surface area (Å²) in [6.07, 6.45) is 3.86. The Morgan fingerprint density at radius 2 is 1.82 bits per heavy atom. The molecule has 2 N–H and O–H groups in total. The molecule has 0 atom stereocenters. The van der Waals surface area contributed by atoms with Crippen molar-refractivity contribution in [2.45, 2.75) is 27.2 Å². The Bertz CT molecular complexity index is 1010. The van der Waals surface area contributed by atoms with Gasteiger partial charge in [-0.25, -0.2) is 9.97 Å². The van der Waals surface area contributed by atoms with Crippen molar-refractivity contribution >= 4 is 28.9 Å². The molecule has 6 nitrogen and oxygen atoms in total. The lowest BCUT2D eigenvalue weighted by Gasteiger charge is -2.13. The van der Waals surface area contributed by atoms with Crippen LogP contribution < -0.4 is 10.6 Å². The molecule has 0 saturated carbocycles. The first-order chi connectivity index (χ1) is 13.5. The normalized spacial score (nSPS) is 10.4. The van der Waals surface area contributed by atoms with E-state index in [4.69, 9.17) is 0 Å². The van der Waals surface area contributed by atoms with Crippen LogP contribution in [0.4, 0.5) is 17.2 Å². The van der Waals surface area contributed by atoms with Crippen molar-refractivity contribution in [2.75, 3.05) is 10.6 Å². The van der Waals surface area contributed by atoms with Gasteiger partial charge in [0.25, 0.3) is 5.91 Å². The van der Waals surface area contributed by atoms with Gasteiger partial charge in [-0.15, -0.1) is 0 Å². The van der Waals surface area contributed by atoms with Crippen LogP contribution in [0.5, 0.6) is 0 Å². The molecule has 0 radical (unpaired) electrons. The summed E-state index contributed by atoms with van der Waals surface area (Å²) in [5.41, 5.74) is 4.58. The molecule has 0 unspecified atom stereocenters. The zero-order valence-corrected chi connectivity index (χ0v) is 16.1. The number of Topliss-reactive ketones (excluding diaryl/α,β-unsaturated/α-hetero) is 1. The van der Waals surface area contributed by atoms with Crippen LogP contribution in [0.1, 0.15) is 45.8 Å². The molecule has 142 valence electrons. The lowest BCUT2D eigenvalue weighted by atomic mass is 10.1. The van der Waals surface area contributed by atoms with Gasteiger partial charge in [0, 0.05) is 16.9 Å². The van der Waals surface area contributed by atoms with Crippen molar-refractivity contribution in [2.24, 2.45) is 0 Å². The van der Waals surface area contributed by atoms with Crippen LogP contribution in [-0.4, -0.2) is 21.7 Å². The zero-order chi connectivity index (χ0) is 20.1. The van der Waals surface area contributed by atoms with Crippen molar-refractivity contribution in [1.29, 1.82) is 0 Å². The summed E-state index contributed by atoms with van der Waals surface area (Å²) in [4.78, 5) is 32.4. The molecule has 0 aliphatic rings. The Labute approximate surface area is 164 Å². The fraction of sp³-hybridized carbons (Fsp3) is 0.182.